The molecule has 0 N–H and O–H groups in total. The zero-order valence-corrected chi connectivity index (χ0v) is 19.9. The fourth-order valence-corrected chi connectivity index (χ4v) is 5.92. The first-order chi connectivity index (χ1) is 16.8. The van der Waals surface area contributed by atoms with Crippen LogP contribution in [0.15, 0.2) is 76.2 Å². The van der Waals surface area contributed by atoms with Gasteiger partial charge in [-0.2, -0.15) is 4.68 Å². The van der Waals surface area contributed by atoms with Crippen LogP contribution in [0, 0.1) is 0 Å². The third-order valence-corrected chi connectivity index (χ3v) is 7.43. The minimum Gasteiger partial charge on any atom is -0.379 e. The monoisotopic (exact) mass is 487 g/mol. The van der Waals surface area contributed by atoms with E-state index in [0.29, 0.717) is 11.7 Å². The summed E-state index contributed by atoms with van der Waals surface area (Å²) in [6, 6.07) is 20.3. The van der Waals surface area contributed by atoms with Crippen molar-refractivity contribution in [3.63, 3.8) is 0 Å². The van der Waals surface area contributed by atoms with Crippen LogP contribution in [-0.4, -0.2) is 61.4 Å². The van der Waals surface area contributed by atoms with Crippen LogP contribution in [0.25, 0.3) is 27.0 Å². The average Bonchev–Trinajstić information content (AvgIpc) is 3.53. The molecule has 0 spiro atoms. The molecule has 1 aliphatic rings. The van der Waals surface area contributed by atoms with Gasteiger partial charge in [0, 0.05) is 24.0 Å². The molecule has 6 rings (SSSR count). The first kappa shape index (κ1) is 21.4. The zero-order valence-electron chi connectivity index (χ0n) is 18.2. The summed E-state index contributed by atoms with van der Waals surface area (Å²) in [6.07, 6.45) is 0. The molecule has 1 fully saturated rings. The molecule has 0 unspecified atom stereocenters. The fraction of sp³-hybridized carbons (Fsp3) is 0.208. The van der Waals surface area contributed by atoms with Gasteiger partial charge in [-0.3, -0.25) is 4.90 Å². The lowest BCUT2D eigenvalue weighted by Crippen LogP contribution is -2.36. The predicted molar refractivity (Wildman–Crippen MR) is 132 cm³/mol. The Hall–Kier alpha value is -3.18. The minimum absolute atomic E-state index is 0.661. The molecule has 5 aromatic rings. The predicted octanol–water partition coefficient (Wildman–Crippen LogP) is 4.32. The molecule has 170 valence electrons. The van der Waals surface area contributed by atoms with E-state index in [4.69, 9.17) is 14.7 Å². The molecule has 0 radical (unpaired) electrons. The summed E-state index contributed by atoms with van der Waals surface area (Å²) in [4.78, 5) is 13.3. The molecule has 2 aromatic carbocycles. The van der Waals surface area contributed by atoms with Crippen LogP contribution in [-0.2, 0) is 11.3 Å². The average molecular weight is 488 g/mol. The van der Waals surface area contributed by atoms with Crippen LogP contribution in [0.3, 0.4) is 0 Å². The van der Waals surface area contributed by atoms with Gasteiger partial charge < -0.3 is 4.74 Å². The van der Waals surface area contributed by atoms with E-state index in [1.165, 1.54) is 11.8 Å². The van der Waals surface area contributed by atoms with E-state index >= 15 is 0 Å². The summed E-state index contributed by atoms with van der Waals surface area (Å²) in [5.41, 5.74) is 3.17. The summed E-state index contributed by atoms with van der Waals surface area (Å²) in [5, 5.41) is 17.2. The number of fused-ring (bicyclic) bond motifs is 1. The SMILES string of the molecule is c1ccc(-c2csc3nc(CN4CCOCC4)nc(Sc4nnnn4-c4ccccc4)c23)cc1. The molecular weight excluding hydrogens is 466 g/mol. The fourth-order valence-electron chi connectivity index (χ4n) is 3.95. The topological polar surface area (TPSA) is 81.8 Å². The molecule has 0 atom stereocenters. The number of rotatable bonds is 6. The van der Waals surface area contributed by atoms with Crippen molar-refractivity contribution in [1.82, 2.24) is 35.1 Å². The Morgan fingerprint density at radius 3 is 2.50 bits per heavy atom. The Labute approximate surface area is 204 Å². The highest BCUT2D eigenvalue weighted by molar-refractivity contribution is 7.99. The third kappa shape index (κ3) is 4.32. The summed E-state index contributed by atoms with van der Waals surface area (Å²) in [6.45, 7) is 3.94. The van der Waals surface area contributed by atoms with Crippen molar-refractivity contribution < 1.29 is 4.74 Å². The third-order valence-electron chi connectivity index (χ3n) is 5.63. The summed E-state index contributed by atoms with van der Waals surface area (Å²) in [7, 11) is 0. The number of para-hydroxylation sites is 1. The van der Waals surface area contributed by atoms with Gasteiger partial charge >= 0.3 is 0 Å². The zero-order chi connectivity index (χ0) is 22.7. The molecule has 4 heterocycles. The van der Waals surface area contributed by atoms with E-state index < -0.39 is 0 Å². The Kier molecular flexibility index (Phi) is 6.02. The van der Waals surface area contributed by atoms with Crippen molar-refractivity contribution in [2.45, 2.75) is 16.7 Å². The maximum absolute atomic E-state index is 5.50. The standard InChI is InChI=1S/C24H21N7OS2/c1-3-7-17(8-4-1)19-16-33-22-21(19)23(26-20(25-22)15-30-11-13-32-14-12-30)34-24-27-28-29-31(24)18-9-5-2-6-10-18/h1-10,16H,11-15H2. The highest BCUT2D eigenvalue weighted by Crippen LogP contribution is 2.40. The van der Waals surface area contributed by atoms with Gasteiger partial charge in [-0.15, -0.1) is 16.4 Å². The number of aromatic nitrogens is 6. The van der Waals surface area contributed by atoms with Gasteiger partial charge in [0.25, 0.3) is 0 Å². The van der Waals surface area contributed by atoms with Crippen LogP contribution in [0.4, 0.5) is 0 Å². The van der Waals surface area contributed by atoms with E-state index in [1.54, 1.807) is 16.0 Å². The van der Waals surface area contributed by atoms with Gasteiger partial charge in [0.2, 0.25) is 5.16 Å². The highest BCUT2D eigenvalue weighted by atomic mass is 32.2. The smallest absolute Gasteiger partial charge is 0.220 e. The van der Waals surface area contributed by atoms with Crippen molar-refractivity contribution in [2.24, 2.45) is 0 Å². The number of morpholine rings is 1. The van der Waals surface area contributed by atoms with E-state index in [1.807, 2.05) is 36.4 Å². The lowest BCUT2D eigenvalue weighted by molar-refractivity contribution is 0.0330. The number of hydrogen-bond donors (Lipinski definition) is 0. The molecule has 34 heavy (non-hydrogen) atoms. The van der Waals surface area contributed by atoms with Gasteiger partial charge in [0.05, 0.1) is 30.8 Å². The molecule has 0 bridgehead atoms. The van der Waals surface area contributed by atoms with E-state index in [9.17, 15) is 0 Å². The second kappa shape index (κ2) is 9.59. The first-order valence-corrected chi connectivity index (χ1v) is 12.7. The number of nitrogens with zero attached hydrogens (tertiary/aromatic N) is 7. The van der Waals surface area contributed by atoms with Crippen LogP contribution < -0.4 is 0 Å². The molecule has 0 amide bonds. The summed E-state index contributed by atoms with van der Waals surface area (Å²) < 4.78 is 7.24. The van der Waals surface area contributed by atoms with Crippen LogP contribution in [0.5, 0.6) is 0 Å². The quantitative estimate of drug-likeness (QED) is 0.328. The number of ether oxygens (including phenoxy) is 1. The van der Waals surface area contributed by atoms with Gasteiger partial charge in [-0.25, -0.2) is 9.97 Å². The summed E-state index contributed by atoms with van der Waals surface area (Å²) in [5.74, 6) is 0.803. The highest BCUT2D eigenvalue weighted by Gasteiger charge is 2.21. The molecule has 0 saturated carbocycles. The number of hydrogen-bond acceptors (Lipinski definition) is 9. The van der Waals surface area contributed by atoms with Gasteiger partial charge in [0.15, 0.2) is 0 Å². The minimum atomic E-state index is 0.661. The number of tetrazole rings is 1. The van der Waals surface area contributed by atoms with E-state index in [-0.39, 0.29) is 0 Å². The van der Waals surface area contributed by atoms with Crippen molar-refractivity contribution >= 4 is 33.3 Å². The maximum Gasteiger partial charge on any atom is 0.220 e. The van der Waals surface area contributed by atoms with Crippen molar-refractivity contribution in [2.75, 3.05) is 26.3 Å². The van der Waals surface area contributed by atoms with Gasteiger partial charge in [-0.1, -0.05) is 48.5 Å². The first-order valence-electron chi connectivity index (χ1n) is 11.0. The van der Waals surface area contributed by atoms with E-state index in [2.05, 4.69) is 50.1 Å². The number of benzene rings is 2. The van der Waals surface area contributed by atoms with Gasteiger partial charge in [-0.05, 0) is 39.9 Å². The normalized spacial score (nSPS) is 14.6. The largest absolute Gasteiger partial charge is 0.379 e. The Bertz CT molecular complexity index is 1400. The van der Waals surface area contributed by atoms with Crippen LogP contribution >= 0.6 is 23.1 Å². The van der Waals surface area contributed by atoms with Crippen LogP contribution in [0.2, 0.25) is 0 Å². The van der Waals surface area contributed by atoms with Crippen molar-refractivity contribution in [1.29, 1.82) is 0 Å². The Morgan fingerprint density at radius 2 is 1.71 bits per heavy atom. The molecule has 8 nitrogen and oxygen atoms in total. The van der Waals surface area contributed by atoms with Crippen molar-refractivity contribution in [3.05, 3.63) is 71.9 Å². The van der Waals surface area contributed by atoms with E-state index in [0.717, 1.165) is 64.2 Å². The lowest BCUT2D eigenvalue weighted by atomic mass is 10.1. The Morgan fingerprint density at radius 1 is 0.941 bits per heavy atom. The lowest BCUT2D eigenvalue weighted by Gasteiger charge is -2.25. The van der Waals surface area contributed by atoms with Crippen LogP contribution in [0.1, 0.15) is 5.82 Å². The molecule has 1 aliphatic heterocycles. The second-order valence-corrected chi connectivity index (χ2v) is 9.65. The maximum atomic E-state index is 5.50. The second-order valence-electron chi connectivity index (χ2n) is 7.84. The summed E-state index contributed by atoms with van der Waals surface area (Å²) >= 11 is 3.12. The molecular formula is C24H21N7OS2. The number of thiophene rings is 1. The molecule has 0 aliphatic carbocycles. The molecule has 3 aromatic heterocycles. The van der Waals surface area contributed by atoms with Gasteiger partial charge in [0.1, 0.15) is 15.7 Å². The molecule has 10 heteroatoms. The molecule has 1 saturated heterocycles. The Balaban J connectivity index is 1.44. The van der Waals surface area contributed by atoms with Crippen molar-refractivity contribution in [3.8, 4) is 16.8 Å².